The number of ether oxygens (including phenoxy) is 2. The van der Waals surface area contributed by atoms with Gasteiger partial charge in [0.2, 0.25) is 12.7 Å². The molecule has 1 aliphatic rings. The van der Waals surface area contributed by atoms with Gasteiger partial charge in [-0.25, -0.2) is 0 Å². The summed E-state index contributed by atoms with van der Waals surface area (Å²) in [6.45, 7) is 4.67. The minimum atomic E-state index is -0.323. The summed E-state index contributed by atoms with van der Waals surface area (Å²) < 4.78 is 10.5. The lowest BCUT2D eigenvalue weighted by molar-refractivity contribution is -0.129. The molecule has 2 aromatic rings. The van der Waals surface area contributed by atoms with E-state index in [2.05, 4.69) is 11.4 Å². The highest BCUT2D eigenvalue weighted by atomic mass is 16.7. The van der Waals surface area contributed by atoms with Crippen LogP contribution in [0.3, 0.4) is 0 Å². The molecular formula is C20H22N2O4. The van der Waals surface area contributed by atoms with Crippen LogP contribution in [0, 0.1) is 13.8 Å². The maximum Gasteiger partial charge on any atom is 0.251 e. The van der Waals surface area contributed by atoms with Crippen LogP contribution in [0.2, 0.25) is 0 Å². The fraction of sp³-hybridized carbons (Fsp3) is 0.300. The molecule has 0 saturated carbocycles. The Labute approximate surface area is 152 Å². The average Bonchev–Trinajstić information content (AvgIpc) is 3.09. The van der Waals surface area contributed by atoms with Crippen molar-refractivity contribution in [1.29, 1.82) is 0 Å². The van der Waals surface area contributed by atoms with E-state index < -0.39 is 0 Å². The SMILES string of the molecule is Cc1ccc(CN(C)C(=O)CNC(=O)c2ccc3c(c2)OCO3)c(C)c1. The molecule has 0 aromatic heterocycles. The molecule has 3 rings (SSSR count). The highest BCUT2D eigenvalue weighted by Crippen LogP contribution is 2.32. The third kappa shape index (κ3) is 3.96. The third-order valence-electron chi connectivity index (χ3n) is 4.37. The predicted molar refractivity (Wildman–Crippen MR) is 97.3 cm³/mol. The number of nitrogens with one attached hydrogen (secondary N) is 1. The van der Waals surface area contributed by atoms with Crippen LogP contribution in [0.5, 0.6) is 11.5 Å². The highest BCUT2D eigenvalue weighted by molar-refractivity contribution is 5.97. The molecule has 136 valence electrons. The molecule has 0 unspecified atom stereocenters. The summed E-state index contributed by atoms with van der Waals surface area (Å²) >= 11 is 0. The first kappa shape index (κ1) is 17.8. The number of rotatable bonds is 5. The number of amides is 2. The Morgan fingerprint density at radius 2 is 1.85 bits per heavy atom. The van der Waals surface area contributed by atoms with Gasteiger partial charge in [-0.2, -0.15) is 0 Å². The summed E-state index contributed by atoms with van der Waals surface area (Å²) in [6.07, 6.45) is 0. The Kier molecular flexibility index (Phi) is 5.11. The number of hydrogen-bond donors (Lipinski definition) is 1. The Morgan fingerprint density at radius 3 is 2.62 bits per heavy atom. The second-order valence-corrected chi connectivity index (χ2v) is 6.43. The second kappa shape index (κ2) is 7.47. The smallest absolute Gasteiger partial charge is 0.251 e. The van der Waals surface area contributed by atoms with Gasteiger partial charge in [0.05, 0.1) is 6.54 Å². The molecule has 1 N–H and O–H groups in total. The Bertz CT molecular complexity index is 848. The maximum absolute atomic E-state index is 12.3. The van der Waals surface area contributed by atoms with Crippen LogP contribution in [0.25, 0.3) is 0 Å². The number of likely N-dealkylation sites (N-methyl/N-ethyl adjacent to an activating group) is 1. The molecule has 2 amide bonds. The van der Waals surface area contributed by atoms with Gasteiger partial charge in [0.15, 0.2) is 11.5 Å². The molecule has 1 aliphatic heterocycles. The summed E-state index contributed by atoms with van der Waals surface area (Å²) in [4.78, 5) is 26.2. The molecule has 6 nitrogen and oxygen atoms in total. The number of nitrogens with zero attached hydrogens (tertiary/aromatic N) is 1. The number of aryl methyl sites for hydroxylation is 2. The van der Waals surface area contributed by atoms with Gasteiger partial charge < -0.3 is 19.7 Å². The summed E-state index contributed by atoms with van der Waals surface area (Å²) in [7, 11) is 1.73. The van der Waals surface area contributed by atoms with Crippen molar-refractivity contribution >= 4 is 11.8 Å². The minimum absolute atomic E-state index is 0.0608. The molecule has 6 heteroatoms. The van der Waals surface area contributed by atoms with Gasteiger partial charge in [-0.3, -0.25) is 9.59 Å². The maximum atomic E-state index is 12.3. The normalized spacial score (nSPS) is 12.0. The van der Waals surface area contributed by atoms with Crippen molar-refractivity contribution in [2.75, 3.05) is 20.4 Å². The van der Waals surface area contributed by atoms with Crippen LogP contribution in [-0.2, 0) is 11.3 Å². The molecule has 0 atom stereocenters. The minimum Gasteiger partial charge on any atom is -0.454 e. The van der Waals surface area contributed by atoms with E-state index in [-0.39, 0.29) is 25.2 Å². The molecule has 0 bridgehead atoms. The molecule has 0 aliphatic carbocycles. The zero-order valence-corrected chi connectivity index (χ0v) is 15.2. The lowest BCUT2D eigenvalue weighted by atomic mass is 10.1. The summed E-state index contributed by atoms with van der Waals surface area (Å²) in [5.74, 6) is 0.678. The van der Waals surface area contributed by atoms with Gasteiger partial charge >= 0.3 is 0 Å². The van der Waals surface area contributed by atoms with E-state index in [1.165, 1.54) is 5.56 Å². The summed E-state index contributed by atoms with van der Waals surface area (Å²) in [5.41, 5.74) is 3.86. The fourth-order valence-corrected chi connectivity index (χ4v) is 2.80. The number of carbonyl (C=O) groups excluding carboxylic acids is 2. The average molecular weight is 354 g/mol. The van der Waals surface area contributed by atoms with Crippen molar-refractivity contribution in [2.45, 2.75) is 20.4 Å². The van der Waals surface area contributed by atoms with Crippen LogP contribution in [0.4, 0.5) is 0 Å². The van der Waals surface area contributed by atoms with Crippen LogP contribution in [0.15, 0.2) is 36.4 Å². The fourth-order valence-electron chi connectivity index (χ4n) is 2.80. The predicted octanol–water partition coefficient (Wildman–Crippen LogP) is 2.42. The van der Waals surface area contributed by atoms with Crippen LogP contribution in [-0.4, -0.2) is 37.1 Å². The summed E-state index contributed by atoms with van der Waals surface area (Å²) in [5, 5.41) is 2.65. The number of fused-ring (bicyclic) bond motifs is 1. The number of hydrogen-bond acceptors (Lipinski definition) is 4. The molecule has 0 fully saturated rings. The zero-order valence-electron chi connectivity index (χ0n) is 15.2. The van der Waals surface area contributed by atoms with Crippen LogP contribution < -0.4 is 14.8 Å². The van der Waals surface area contributed by atoms with Gasteiger partial charge in [-0.15, -0.1) is 0 Å². The van der Waals surface area contributed by atoms with E-state index >= 15 is 0 Å². The van der Waals surface area contributed by atoms with Crippen LogP contribution in [0.1, 0.15) is 27.0 Å². The van der Waals surface area contributed by atoms with E-state index in [9.17, 15) is 9.59 Å². The van der Waals surface area contributed by atoms with Crippen molar-refractivity contribution in [3.8, 4) is 11.5 Å². The molecule has 0 spiro atoms. The van der Waals surface area contributed by atoms with Crippen molar-refractivity contribution in [3.05, 3.63) is 58.7 Å². The molecule has 26 heavy (non-hydrogen) atoms. The van der Waals surface area contributed by atoms with Gasteiger partial charge in [0, 0.05) is 19.2 Å². The van der Waals surface area contributed by atoms with Gasteiger partial charge in [0.25, 0.3) is 5.91 Å². The van der Waals surface area contributed by atoms with Crippen molar-refractivity contribution in [1.82, 2.24) is 10.2 Å². The van der Waals surface area contributed by atoms with E-state index in [1.807, 2.05) is 26.0 Å². The number of benzene rings is 2. The molecule has 0 radical (unpaired) electrons. The highest BCUT2D eigenvalue weighted by Gasteiger charge is 2.17. The van der Waals surface area contributed by atoms with Crippen LogP contribution >= 0.6 is 0 Å². The topological polar surface area (TPSA) is 67.9 Å². The van der Waals surface area contributed by atoms with Crippen molar-refractivity contribution < 1.29 is 19.1 Å². The van der Waals surface area contributed by atoms with E-state index in [0.717, 1.165) is 11.1 Å². The van der Waals surface area contributed by atoms with E-state index in [1.54, 1.807) is 30.1 Å². The third-order valence-corrected chi connectivity index (χ3v) is 4.37. The first-order chi connectivity index (χ1) is 12.4. The molecule has 0 saturated heterocycles. The summed E-state index contributed by atoms with van der Waals surface area (Å²) in [6, 6.07) is 11.1. The molecule has 2 aromatic carbocycles. The van der Waals surface area contributed by atoms with Gasteiger partial charge in [0.1, 0.15) is 0 Å². The largest absolute Gasteiger partial charge is 0.454 e. The quantitative estimate of drug-likeness (QED) is 0.895. The van der Waals surface area contributed by atoms with Gasteiger partial charge in [-0.05, 0) is 43.2 Å². The number of carbonyl (C=O) groups is 2. The zero-order chi connectivity index (χ0) is 18.7. The second-order valence-electron chi connectivity index (χ2n) is 6.43. The standard InChI is InChI=1S/C20H22N2O4/c1-13-4-5-16(14(2)8-13)11-22(3)19(23)10-21-20(24)15-6-7-17-18(9-15)26-12-25-17/h4-9H,10-12H2,1-3H3,(H,21,24). The first-order valence-corrected chi connectivity index (χ1v) is 8.42. The van der Waals surface area contributed by atoms with E-state index in [4.69, 9.17) is 9.47 Å². The Morgan fingerprint density at radius 1 is 1.08 bits per heavy atom. The Hall–Kier alpha value is -3.02. The van der Waals surface area contributed by atoms with Gasteiger partial charge in [-0.1, -0.05) is 23.8 Å². The van der Waals surface area contributed by atoms with Crippen molar-refractivity contribution in [3.63, 3.8) is 0 Å². The Balaban J connectivity index is 1.55. The van der Waals surface area contributed by atoms with Crippen molar-refractivity contribution in [2.24, 2.45) is 0 Å². The first-order valence-electron chi connectivity index (χ1n) is 8.42. The lowest BCUT2D eigenvalue weighted by Crippen LogP contribution is -2.37. The van der Waals surface area contributed by atoms with E-state index in [0.29, 0.717) is 23.6 Å². The lowest BCUT2D eigenvalue weighted by Gasteiger charge is -2.19. The molecular weight excluding hydrogens is 332 g/mol. The molecule has 1 heterocycles. The monoisotopic (exact) mass is 354 g/mol.